The summed E-state index contributed by atoms with van der Waals surface area (Å²) in [6, 6.07) is 2.11. The predicted molar refractivity (Wildman–Crippen MR) is 80.4 cm³/mol. The van der Waals surface area contributed by atoms with Crippen LogP contribution in [0.3, 0.4) is 0 Å². The highest BCUT2D eigenvalue weighted by atomic mass is 79.9. The van der Waals surface area contributed by atoms with Crippen molar-refractivity contribution in [2.45, 2.75) is 38.4 Å². The van der Waals surface area contributed by atoms with Gasteiger partial charge in [0.1, 0.15) is 0 Å². The minimum Gasteiger partial charge on any atom is -0.371 e. The lowest BCUT2D eigenvalue weighted by atomic mass is 10.2. The van der Waals surface area contributed by atoms with Gasteiger partial charge in [0, 0.05) is 23.3 Å². The molecule has 2 unspecified atom stereocenters. The Kier molecular flexibility index (Phi) is 3.96. The summed E-state index contributed by atoms with van der Waals surface area (Å²) in [7, 11) is 0. The molecule has 104 valence electrons. The number of carbonyl (C=O) groups excluding carboxylic acids is 1. The van der Waals surface area contributed by atoms with Crippen molar-refractivity contribution < 1.29 is 9.53 Å². The first-order valence-electron chi connectivity index (χ1n) is 6.79. The van der Waals surface area contributed by atoms with Crippen LogP contribution in [0.5, 0.6) is 0 Å². The van der Waals surface area contributed by atoms with Gasteiger partial charge in [0.05, 0.1) is 17.1 Å². The van der Waals surface area contributed by atoms with Gasteiger partial charge in [-0.05, 0) is 37.8 Å². The van der Waals surface area contributed by atoms with Gasteiger partial charge in [-0.25, -0.2) is 0 Å². The standard InChI is InChI=1S/C14H18BrNO2S/c1-9-7-16(8-11(6-15)18-9)14(17)13-5-10-3-2-4-12(10)19-13/h5,9,11H,2-4,6-8H2,1H3. The van der Waals surface area contributed by atoms with E-state index < -0.39 is 0 Å². The molecule has 19 heavy (non-hydrogen) atoms. The summed E-state index contributed by atoms with van der Waals surface area (Å²) in [5.74, 6) is 0.181. The monoisotopic (exact) mass is 343 g/mol. The minimum atomic E-state index is 0.111. The van der Waals surface area contributed by atoms with Gasteiger partial charge in [-0.3, -0.25) is 4.79 Å². The maximum Gasteiger partial charge on any atom is 0.264 e. The van der Waals surface area contributed by atoms with Gasteiger partial charge in [-0.15, -0.1) is 11.3 Å². The number of nitrogens with zero attached hydrogens (tertiary/aromatic N) is 1. The van der Waals surface area contributed by atoms with Crippen LogP contribution in [-0.2, 0) is 17.6 Å². The molecule has 0 spiro atoms. The van der Waals surface area contributed by atoms with E-state index in [1.54, 1.807) is 11.3 Å². The molecule has 1 fully saturated rings. The third-order valence-corrected chi connectivity index (χ3v) is 5.69. The highest BCUT2D eigenvalue weighted by Crippen LogP contribution is 2.31. The Hall–Kier alpha value is -0.390. The summed E-state index contributed by atoms with van der Waals surface area (Å²) in [6.07, 6.45) is 3.77. The van der Waals surface area contributed by atoms with Crippen LogP contribution in [0, 0.1) is 0 Å². The van der Waals surface area contributed by atoms with Crippen LogP contribution in [0.2, 0.25) is 0 Å². The Bertz CT molecular complexity index is 466. The molecule has 0 radical (unpaired) electrons. The molecule has 1 saturated heterocycles. The molecule has 5 heteroatoms. The Balaban J connectivity index is 1.75. The summed E-state index contributed by atoms with van der Waals surface area (Å²) in [5, 5.41) is 0.780. The zero-order valence-corrected chi connectivity index (χ0v) is 13.4. The first-order chi connectivity index (χ1) is 9.17. The number of rotatable bonds is 2. The molecule has 0 N–H and O–H groups in total. The molecule has 0 saturated carbocycles. The average molecular weight is 344 g/mol. The molecule has 0 bridgehead atoms. The maximum atomic E-state index is 12.6. The number of alkyl halides is 1. The smallest absolute Gasteiger partial charge is 0.264 e. The van der Waals surface area contributed by atoms with E-state index in [0.29, 0.717) is 13.1 Å². The van der Waals surface area contributed by atoms with Crippen LogP contribution in [-0.4, -0.2) is 41.4 Å². The highest BCUT2D eigenvalue weighted by molar-refractivity contribution is 9.09. The van der Waals surface area contributed by atoms with E-state index in [-0.39, 0.29) is 18.1 Å². The molecule has 3 nitrogen and oxygen atoms in total. The number of aryl methyl sites for hydroxylation is 2. The second-order valence-electron chi connectivity index (χ2n) is 5.35. The average Bonchev–Trinajstić information content (AvgIpc) is 2.97. The van der Waals surface area contributed by atoms with Gasteiger partial charge in [0.15, 0.2) is 0 Å². The van der Waals surface area contributed by atoms with Crippen molar-refractivity contribution in [1.82, 2.24) is 4.90 Å². The molecular formula is C14H18BrNO2S. The normalized spacial score (nSPS) is 26.5. The Morgan fingerprint density at radius 3 is 3.11 bits per heavy atom. The van der Waals surface area contributed by atoms with Crippen molar-refractivity contribution in [2.24, 2.45) is 0 Å². The van der Waals surface area contributed by atoms with Crippen molar-refractivity contribution in [3.63, 3.8) is 0 Å². The first-order valence-corrected chi connectivity index (χ1v) is 8.73. The number of thiophene rings is 1. The van der Waals surface area contributed by atoms with Crippen LogP contribution in [0.4, 0.5) is 0 Å². The SMILES string of the molecule is CC1CN(C(=O)c2cc3c(s2)CCC3)CC(CBr)O1. The summed E-state index contributed by atoms with van der Waals surface area (Å²) < 4.78 is 5.78. The molecule has 2 atom stereocenters. The summed E-state index contributed by atoms with van der Waals surface area (Å²) in [6.45, 7) is 3.42. The van der Waals surface area contributed by atoms with E-state index >= 15 is 0 Å². The topological polar surface area (TPSA) is 29.5 Å². The van der Waals surface area contributed by atoms with Crippen molar-refractivity contribution in [3.05, 3.63) is 21.4 Å². The number of morpholine rings is 1. The number of hydrogen-bond donors (Lipinski definition) is 0. The zero-order valence-electron chi connectivity index (χ0n) is 11.0. The number of halogens is 1. The van der Waals surface area contributed by atoms with Crippen LogP contribution in [0.15, 0.2) is 6.07 Å². The molecule has 3 rings (SSSR count). The Morgan fingerprint density at radius 1 is 1.53 bits per heavy atom. The number of ether oxygens (including phenoxy) is 1. The van der Waals surface area contributed by atoms with Crippen LogP contribution < -0.4 is 0 Å². The number of fused-ring (bicyclic) bond motifs is 1. The molecule has 1 aromatic rings. The Labute approximate surface area is 126 Å². The van der Waals surface area contributed by atoms with E-state index in [0.717, 1.165) is 23.0 Å². The fourth-order valence-corrected chi connectivity index (χ4v) is 4.47. The molecule has 1 aromatic heterocycles. The largest absolute Gasteiger partial charge is 0.371 e. The van der Waals surface area contributed by atoms with Crippen LogP contribution >= 0.6 is 27.3 Å². The quantitative estimate of drug-likeness (QED) is 0.772. The fourth-order valence-electron chi connectivity index (χ4n) is 2.89. The lowest BCUT2D eigenvalue weighted by Gasteiger charge is -2.36. The lowest BCUT2D eigenvalue weighted by Crippen LogP contribution is -2.49. The van der Waals surface area contributed by atoms with E-state index in [4.69, 9.17) is 4.74 Å². The van der Waals surface area contributed by atoms with E-state index in [2.05, 4.69) is 22.0 Å². The molecule has 0 aromatic carbocycles. The molecule has 1 amide bonds. The summed E-state index contributed by atoms with van der Waals surface area (Å²) >= 11 is 5.14. The molecule has 2 aliphatic rings. The first kappa shape index (κ1) is 13.6. The number of hydrogen-bond acceptors (Lipinski definition) is 3. The second-order valence-corrected chi connectivity index (χ2v) is 7.13. The fraction of sp³-hybridized carbons (Fsp3) is 0.643. The molecular weight excluding hydrogens is 326 g/mol. The van der Waals surface area contributed by atoms with Gasteiger partial charge in [0.2, 0.25) is 0 Å². The third-order valence-electron chi connectivity index (χ3n) is 3.74. The maximum absolute atomic E-state index is 12.6. The van der Waals surface area contributed by atoms with Crippen LogP contribution in [0.25, 0.3) is 0 Å². The molecule has 1 aliphatic carbocycles. The predicted octanol–water partition coefficient (Wildman–Crippen LogP) is 2.86. The van der Waals surface area contributed by atoms with E-state index in [1.165, 1.54) is 16.9 Å². The van der Waals surface area contributed by atoms with E-state index in [1.807, 2.05) is 11.8 Å². The van der Waals surface area contributed by atoms with Crippen molar-refractivity contribution >= 4 is 33.2 Å². The molecule has 1 aliphatic heterocycles. The van der Waals surface area contributed by atoms with Gasteiger partial charge in [-0.1, -0.05) is 15.9 Å². The highest BCUT2D eigenvalue weighted by Gasteiger charge is 2.30. The van der Waals surface area contributed by atoms with Crippen molar-refractivity contribution in [1.29, 1.82) is 0 Å². The van der Waals surface area contributed by atoms with Crippen molar-refractivity contribution in [2.75, 3.05) is 18.4 Å². The lowest BCUT2D eigenvalue weighted by molar-refractivity contribution is -0.0558. The summed E-state index contributed by atoms with van der Waals surface area (Å²) in [5.41, 5.74) is 1.40. The second kappa shape index (κ2) is 5.54. The number of carbonyl (C=O) groups is 1. The van der Waals surface area contributed by atoms with Gasteiger partial charge in [-0.2, -0.15) is 0 Å². The summed E-state index contributed by atoms with van der Waals surface area (Å²) in [4.78, 5) is 16.9. The minimum absolute atomic E-state index is 0.111. The zero-order chi connectivity index (χ0) is 13.4. The van der Waals surface area contributed by atoms with Gasteiger partial charge in [0.25, 0.3) is 5.91 Å². The van der Waals surface area contributed by atoms with Crippen LogP contribution in [0.1, 0.15) is 33.5 Å². The third kappa shape index (κ3) is 2.73. The Morgan fingerprint density at radius 2 is 2.37 bits per heavy atom. The van der Waals surface area contributed by atoms with E-state index in [9.17, 15) is 4.79 Å². The molecule has 2 heterocycles. The van der Waals surface area contributed by atoms with Gasteiger partial charge < -0.3 is 9.64 Å². The van der Waals surface area contributed by atoms with Gasteiger partial charge >= 0.3 is 0 Å². The van der Waals surface area contributed by atoms with Crippen molar-refractivity contribution in [3.8, 4) is 0 Å². The number of amides is 1.